The van der Waals surface area contributed by atoms with Crippen LogP contribution in [0.1, 0.15) is 17.3 Å². The predicted molar refractivity (Wildman–Crippen MR) is 92.2 cm³/mol. The fourth-order valence-electron chi connectivity index (χ4n) is 1.78. The quantitative estimate of drug-likeness (QED) is 0.579. The zero-order valence-electron chi connectivity index (χ0n) is 12.3. The van der Waals surface area contributed by atoms with Crippen LogP contribution < -0.4 is 11.0 Å². The Kier molecular flexibility index (Phi) is 5.85. The molecule has 0 unspecified atom stereocenters. The molecule has 2 rings (SSSR count). The Morgan fingerprint density at radius 1 is 1.30 bits per heavy atom. The van der Waals surface area contributed by atoms with Crippen molar-refractivity contribution in [3.8, 4) is 0 Å². The minimum absolute atomic E-state index is 0.157. The summed E-state index contributed by atoms with van der Waals surface area (Å²) in [5, 5.41) is 2.59. The standard InChI is InChI=1S/C15H14IN3O4/c1-2-23-12(20)9-19-8-11(16)13(18-15(19)22)17-14(21)10-6-4-3-5-7-10/h3-8H,2,9H2,1H3,(H,17,18,21,22). The van der Waals surface area contributed by atoms with Crippen molar-refractivity contribution >= 4 is 40.3 Å². The van der Waals surface area contributed by atoms with Gasteiger partial charge in [-0.3, -0.25) is 14.2 Å². The first kappa shape index (κ1) is 17.1. The smallest absolute Gasteiger partial charge is 0.350 e. The normalized spacial score (nSPS) is 10.2. The van der Waals surface area contributed by atoms with Gasteiger partial charge in [0.15, 0.2) is 5.82 Å². The Morgan fingerprint density at radius 2 is 2.00 bits per heavy atom. The molecule has 0 aliphatic rings. The van der Waals surface area contributed by atoms with Gasteiger partial charge in [-0.05, 0) is 41.6 Å². The van der Waals surface area contributed by atoms with Gasteiger partial charge < -0.3 is 10.1 Å². The second kappa shape index (κ2) is 7.86. The van der Waals surface area contributed by atoms with Crippen LogP contribution in [0.5, 0.6) is 0 Å². The first-order chi connectivity index (χ1) is 11.0. The summed E-state index contributed by atoms with van der Waals surface area (Å²) in [6.45, 7) is 1.71. The molecule has 0 radical (unpaired) electrons. The lowest BCUT2D eigenvalue weighted by atomic mass is 10.2. The van der Waals surface area contributed by atoms with Gasteiger partial charge in [-0.1, -0.05) is 18.2 Å². The fraction of sp³-hybridized carbons (Fsp3) is 0.200. The maximum atomic E-state index is 12.1. The molecule has 2 aromatic rings. The van der Waals surface area contributed by atoms with E-state index in [1.54, 1.807) is 37.3 Å². The van der Waals surface area contributed by atoms with Crippen LogP contribution in [0.25, 0.3) is 0 Å². The summed E-state index contributed by atoms with van der Waals surface area (Å²) in [4.78, 5) is 39.3. The second-order valence-electron chi connectivity index (χ2n) is 4.47. The highest BCUT2D eigenvalue weighted by Gasteiger charge is 2.13. The maximum absolute atomic E-state index is 12.1. The SMILES string of the molecule is CCOC(=O)Cn1cc(I)c(NC(=O)c2ccccc2)nc1=O. The molecule has 23 heavy (non-hydrogen) atoms. The number of nitrogens with zero attached hydrogens (tertiary/aromatic N) is 2. The zero-order valence-corrected chi connectivity index (χ0v) is 14.4. The first-order valence-electron chi connectivity index (χ1n) is 6.80. The molecule has 1 aromatic carbocycles. The van der Waals surface area contributed by atoms with Crippen molar-refractivity contribution in [2.24, 2.45) is 0 Å². The van der Waals surface area contributed by atoms with Crippen molar-refractivity contribution in [3.63, 3.8) is 0 Å². The predicted octanol–water partition coefficient (Wildman–Crippen LogP) is 1.66. The summed E-state index contributed by atoms with van der Waals surface area (Å²) in [5.74, 6) is -0.726. The Hall–Kier alpha value is -2.23. The van der Waals surface area contributed by atoms with Gasteiger partial charge in [0.2, 0.25) is 0 Å². The molecule has 0 bridgehead atoms. The zero-order chi connectivity index (χ0) is 16.8. The lowest BCUT2D eigenvalue weighted by molar-refractivity contribution is -0.143. The largest absolute Gasteiger partial charge is 0.465 e. The number of carbonyl (C=O) groups is 2. The minimum Gasteiger partial charge on any atom is -0.465 e. The number of carbonyl (C=O) groups excluding carboxylic acids is 2. The van der Waals surface area contributed by atoms with E-state index in [0.29, 0.717) is 9.13 Å². The fourth-order valence-corrected chi connectivity index (χ4v) is 2.37. The van der Waals surface area contributed by atoms with Gasteiger partial charge in [0.25, 0.3) is 5.91 Å². The van der Waals surface area contributed by atoms with Crippen molar-refractivity contribution in [1.29, 1.82) is 0 Å². The second-order valence-corrected chi connectivity index (χ2v) is 5.64. The number of rotatable bonds is 5. The summed E-state index contributed by atoms with van der Waals surface area (Å²) in [6.07, 6.45) is 1.45. The van der Waals surface area contributed by atoms with Crippen LogP contribution in [-0.4, -0.2) is 28.0 Å². The molecule has 0 spiro atoms. The van der Waals surface area contributed by atoms with Crippen LogP contribution in [0.2, 0.25) is 0 Å². The Labute approximate surface area is 145 Å². The number of halogens is 1. The van der Waals surface area contributed by atoms with Crippen LogP contribution in [0.15, 0.2) is 41.3 Å². The van der Waals surface area contributed by atoms with Crippen LogP contribution in [0.4, 0.5) is 5.82 Å². The number of hydrogen-bond acceptors (Lipinski definition) is 5. The number of benzene rings is 1. The highest BCUT2D eigenvalue weighted by molar-refractivity contribution is 14.1. The van der Waals surface area contributed by atoms with Gasteiger partial charge in [-0.25, -0.2) is 4.79 Å². The molecule has 7 nitrogen and oxygen atoms in total. The van der Waals surface area contributed by atoms with Crippen molar-refractivity contribution in [1.82, 2.24) is 9.55 Å². The van der Waals surface area contributed by atoms with Crippen molar-refractivity contribution < 1.29 is 14.3 Å². The molecule has 1 N–H and O–H groups in total. The van der Waals surface area contributed by atoms with Gasteiger partial charge in [0.1, 0.15) is 6.54 Å². The first-order valence-corrected chi connectivity index (χ1v) is 7.88. The van der Waals surface area contributed by atoms with E-state index in [2.05, 4.69) is 10.3 Å². The third-order valence-corrected chi connectivity index (χ3v) is 3.61. The highest BCUT2D eigenvalue weighted by atomic mass is 127. The molecule has 0 aliphatic heterocycles. The van der Waals surface area contributed by atoms with E-state index in [9.17, 15) is 14.4 Å². The number of ether oxygens (including phenoxy) is 1. The summed E-state index contributed by atoms with van der Waals surface area (Å²) >= 11 is 1.93. The summed E-state index contributed by atoms with van der Waals surface area (Å²) in [5.41, 5.74) is -0.178. The van der Waals surface area contributed by atoms with Crippen LogP contribution in [0.3, 0.4) is 0 Å². The Morgan fingerprint density at radius 3 is 2.65 bits per heavy atom. The molecule has 0 atom stereocenters. The minimum atomic E-state index is -0.637. The Balaban J connectivity index is 2.18. The van der Waals surface area contributed by atoms with Gasteiger partial charge in [0, 0.05) is 11.8 Å². The molecule has 120 valence electrons. The number of anilines is 1. The van der Waals surface area contributed by atoms with Crippen LogP contribution >= 0.6 is 22.6 Å². The maximum Gasteiger partial charge on any atom is 0.350 e. The monoisotopic (exact) mass is 427 g/mol. The lowest BCUT2D eigenvalue weighted by Gasteiger charge is -2.09. The van der Waals surface area contributed by atoms with Gasteiger partial charge >= 0.3 is 11.7 Å². The average molecular weight is 427 g/mol. The number of esters is 1. The molecule has 0 aliphatic carbocycles. The van der Waals surface area contributed by atoms with E-state index < -0.39 is 11.7 Å². The average Bonchev–Trinajstić information content (AvgIpc) is 2.53. The van der Waals surface area contributed by atoms with Gasteiger partial charge in [-0.15, -0.1) is 0 Å². The Bertz CT molecular complexity index is 774. The molecule has 0 fully saturated rings. The van der Waals surface area contributed by atoms with Crippen LogP contribution in [0, 0.1) is 3.57 Å². The van der Waals surface area contributed by atoms with E-state index in [0.717, 1.165) is 4.57 Å². The molecule has 0 saturated heterocycles. The highest BCUT2D eigenvalue weighted by Crippen LogP contribution is 2.14. The molecular formula is C15H14IN3O4. The molecule has 1 amide bonds. The molecule has 0 saturated carbocycles. The van der Waals surface area contributed by atoms with Crippen molar-refractivity contribution in [2.75, 3.05) is 11.9 Å². The van der Waals surface area contributed by atoms with E-state index >= 15 is 0 Å². The van der Waals surface area contributed by atoms with E-state index in [1.807, 2.05) is 22.6 Å². The van der Waals surface area contributed by atoms with E-state index in [1.165, 1.54) is 6.20 Å². The van der Waals surface area contributed by atoms with Crippen LogP contribution in [-0.2, 0) is 16.1 Å². The molecular weight excluding hydrogens is 413 g/mol. The summed E-state index contributed by atoms with van der Waals surface area (Å²) in [6, 6.07) is 8.60. The summed E-state index contributed by atoms with van der Waals surface area (Å²) in [7, 11) is 0. The molecule has 1 heterocycles. The van der Waals surface area contributed by atoms with Gasteiger partial charge in [0.05, 0.1) is 10.2 Å². The molecule has 8 heteroatoms. The third-order valence-electron chi connectivity index (χ3n) is 2.82. The van der Waals surface area contributed by atoms with E-state index in [-0.39, 0.29) is 24.9 Å². The lowest BCUT2D eigenvalue weighted by Crippen LogP contribution is -2.29. The number of nitrogens with one attached hydrogen (secondary N) is 1. The topological polar surface area (TPSA) is 90.3 Å². The number of amides is 1. The summed E-state index contributed by atoms with van der Waals surface area (Å²) < 4.78 is 6.47. The van der Waals surface area contributed by atoms with Crippen molar-refractivity contribution in [3.05, 3.63) is 56.1 Å². The number of aromatic nitrogens is 2. The van der Waals surface area contributed by atoms with Gasteiger partial charge in [-0.2, -0.15) is 4.98 Å². The number of hydrogen-bond donors (Lipinski definition) is 1. The third kappa shape index (κ3) is 4.62. The van der Waals surface area contributed by atoms with E-state index in [4.69, 9.17) is 4.74 Å². The van der Waals surface area contributed by atoms with Crippen molar-refractivity contribution in [2.45, 2.75) is 13.5 Å². The molecule has 1 aromatic heterocycles.